The molecule has 0 fully saturated rings. The summed E-state index contributed by atoms with van der Waals surface area (Å²) in [6, 6.07) is 6.67. The van der Waals surface area contributed by atoms with E-state index in [1.807, 2.05) is 0 Å². The van der Waals surface area contributed by atoms with E-state index in [9.17, 15) is 18.3 Å². The molecule has 0 radical (unpaired) electrons. The molecule has 0 aliphatic heterocycles. The molecule has 0 saturated heterocycles. The average Bonchev–Trinajstić information content (AvgIpc) is 2.32. The van der Waals surface area contributed by atoms with E-state index in [1.54, 1.807) is 0 Å². The van der Waals surface area contributed by atoms with Crippen molar-refractivity contribution in [2.75, 3.05) is 0 Å². The van der Waals surface area contributed by atoms with Crippen molar-refractivity contribution in [2.45, 2.75) is 12.5 Å². The fourth-order valence-electron chi connectivity index (χ4n) is 1.78. The molecule has 0 heterocycles. The maximum absolute atomic E-state index is 13.5. The maximum Gasteiger partial charge on any atom is 0.131 e. The standard InChI is InChI=1S/C14H10ClF3O/c15-12-6-9(16)2-1-8(12)5-14(19)11-4-3-10(17)7-13(11)18/h1-4,6-7,14,19H,5H2. The topological polar surface area (TPSA) is 20.2 Å². The Hall–Kier alpha value is -1.52. The molecule has 1 nitrogen and oxygen atoms in total. The highest BCUT2D eigenvalue weighted by atomic mass is 35.5. The van der Waals surface area contributed by atoms with Gasteiger partial charge in [-0.05, 0) is 23.8 Å². The van der Waals surface area contributed by atoms with E-state index in [1.165, 1.54) is 18.2 Å². The number of halogens is 4. The molecular weight excluding hydrogens is 277 g/mol. The van der Waals surface area contributed by atoms with Gasteiger partial charge in [-0.3, -0.25) is 0 Å². The average molecular weight is 287 g/mol. The highest BCUT2D eigenvalue weighted by Gasteiger charge is 2.15. The van der Waals surface area contributed by atoms with Gasteiger partial charge in [0.2, 0.25) is 0 Å². The van der Waals surface area contributed by atoms with Crippen LogP contribution in [0.1, 0.15) is 17.2 Å². The van der Waals surface area contributed by atoms with Gasteiger partial charge in [0.25, 0.3) is 0 Å². The van der Waals surface area contributed by atoms with Crippen molar-refractivity contribution < 1.29 is 18.3 Å². The number of aliphatic hydroxyl groups is 1. The molecule has 5 heteroatoms. The van der Waals surface area contributed by atoms with Crippen LogP contribution in [-0.4, -0.2) is 5.11 Å². The Bertz CT molecular complexity index is 601. The van der Waals surface area contributed by atoms with Crippen molar-refractivity contribution in [3.63, 3.8) is 0 Å². The van der Waals surface area contributed by atoms with Crippen LogP contribution in [0.25, 0.3) is 0 Å². The minimum atomic E-state index is -1.18. The van der Waals surface area contributed by atoms with Gasteiger partial charge in [-0.15, -0.1) is 0 Å². The molecule has 19 heavy (non-hydrogen) atoms. The van der Waals surface area contributed by atoms with Gasteiger partial charge in [0.1, 0.15) is 17.5 Å². The summed E-state index contributed by atoms with van der Waals surface area (Å²) in [5, 5.41) is 10.1. The van der Waals surface area contributed by atoms with Crippen LogP contribution >= 0.6 is 11.6 Å². The van der Waals surface area contributed by atoms with Crippen molar-refractivity contribution in [3.8, 4) is 0 Å². The van der Waals surface area contributed by atoms with E-state index in [0.717, 1.165) is 12.1 Å². The number of hydrogen-bond acceptors (Lipinski definition) is 1. The highest BCUT2D eigenvalue weighted by Crippen LogP contribution is 2.26. The van der Waals surface area contributed by atoms with E-state index < -0.39 is 23.6 Å². The van der Waals surface area contributed by atoms with Gasteiger partial charge in [0.15, 0.2) is 0 Å². The van der Waals surface area contributed by atoms with Gasteiger partial charge in [-0.25, -0.2) is 13.2 Å². The second-order valence-corrected chi connectivity index (χ2v) is 4.53. The van der Waals surface area contributed by atoms with E-state index in [4.69, 9.17) is 11.6 Å². The van der Waals surface area contributed by atoms with Gasteiger partial charge in [-0.2, -0.15) is 0 Å². The summed E-state index contributed by atoms with van der Waals surface area (Å²) >= 11 is 5.82. The molecule has 2 rings (SSSR count). The summed E-state index contributed by atoms with van der Waals surface area (Å²) in [7, 11) is 0. The number of rotatable bonds is 3. The van der Waals surface area contributed by atoms with Crippen LogP contribution in [0.4, 0.5) is 13.2 Å². The Balaban J connectivity index is 2.23. The first-order valence-electron chi connectivity index (χ1n) is 5.54. The summed E-state index contributed by atoms with van der Waals surface area (Å²) < 4.78 is 39.1. The zero-order valence-corrected chi connectivity index (χ0v) is 10.5. The van der Waals surface area contributed by atoms with E-state index >= 15 is 0 Å². The number of aliphatic hydroxyl groups excluding tert-OH is 1. The quantitative estimate of drug-likeness (QED) is 0.903. The molecule has 1 N–H and O–H groups in total. The molecule has 0 saturated carbocycles. The zero-order chi connectivity index (χ0) is 14.0. The second kappa shape index (κ2) is 5.63. The van der Waals surface area contributed by atoms with Crippen LogP contribution in [0.5, 0.6) is 0 Å². The molecule has 100 valence electrons. The van der Waals surface area contributed by atoms with Crippen molar-refractivity contribution in [2.24, 2.45) is 0 Å². The third-order valence-corrected chi connectivity index (χ3v) is 3.10. The van der Waals surface area contributed by atoms with Crippen LogP contribution in [0.3, 0.4) is 0 Å². The van der Waals surface area contributed by atoms with E-state index in [2.05, 4.69) is 0 Å². The lowest BCUT2D eigenvalue weighted by atomic mass is 10.0. The number of hydrogen-bond donors (Lipinski definition) is 1. The maximum atomic E-state index is 13.5. The lowest BCUT2D eigenvalue weighted by molar-refractivity contribution is 0.173. The number of benzene rings is 2. The molecule has 0 bridgehead atoms. The third-order valence-electron chi connectivity index (χ3n) is 2.75. The minimum absolute atomic E-state index is 0.0155. The van der Waals surface area contributed by atoms with Crippen molar-refractivity contribution in [3.05, 3.63) is 70.0 Å². The van der Waals surface area contributed by atoms with Gasteiger partial charge < -0.3 is 5.11 Å². The molecule has 0 aliphatic carbocycles. The summed E-state index contributed by atoms with van der Waals surface area (Å²) in [5.41, 5.74) is 0.459. The SMILES string of the molecule is OC(Cc1ccc(F)cc1Cl)c1ccc(F)cc1F. The van der Waals surface area contributed by atoms with Gasteiger partial charge in [0, 0.05) is 23.1 Å². The van der Waals surface area contributed by atoms with Crippen molar-refractivity contribution in [1.29, 1.82) is 0 Å². The Morgan fingerprint density at radius 3 is 2.26 bits per heavy atom. The van der Waals surface area contributed by atoms with Gasteiger partial charge in [-0.1, -0.05) is 23.7 Å². The Labute approximate surface area is 113 Å². The Morgan fingerprint density at radius 2 is 1.63 bits per heavy atom. The van der Waals surface area contributed by atoms with Crippen LogP contribution in [0, 0.1) is 17.5 Å². The van der Waals surface area contributed by atoms with Crippen LogP contribution < -0.4 is 0 Å². The predicted octanol–water partition coefficient (Wildman–Crippen LogP) is 4.03. The molecule has 2 aromatic carbocycles. The lowest BCUT2D eigenvalue weighted by Gasteiger charge is -2.13. The zero-order valence-electron chi connectivity index (χ0n) is 9.71. The first-order valence-corrected chi connectivity index (χ1v) is 5.92. The monoisotopic (exact) mass is 286 g/mol. The van der Waals surface area contributed by atoms with Crippen LogP contribution in [-0.2, 0) is 6.42 Å². The summed E-state index contributed by atoms with van der Waals surface area (Å²) in [6.07, 6.45) is -1.16. The fourth-order valence-corrected chi connectivity index (χ4v) is 2.02. The minimum Gasteiger partial charge on any atom is -0.388 e. The second-order valence-electron chi connectivity index (χ2n) is 4.12. The molecule has 0 amide bonds. The van der Waals surface area contributed by atoms with Gasteiger partial charge in [0.05, 0.1) is 6.10 Å². The first kappa shape index (κ1) is 13.9. The first-order chi connectivity index (χ1) is 8.97. The Morgan fingerprint density at radius 1 is 1.00 bits per heavy atom. The molecule has 0 aliphatic rings. The molecule has 1 atom stereocenters. The summed E-state index contributed by atoms with van der Waals surface area (Å²) in [5.74, 6) is -2.03. The molecule has 0 spiro atoms. The molecule has 0 aromatic heterocycles. The normalized spacial score (nSPS) is 12.5. The van der Waals surface area contributed by atoms with Crippen molar-refractivity contribution >= 4 is 11.6 Å². The molecular formula is C14H10ClF3O. The third kappa shape index (κ3) is 3.28. The fraction of sp³-hybridized carbons (Fsp3) is 0.143. The van der Waals surface area contributed by atoms with Crippen molar-refractivity contribution in [1.82, 2.24) is 0 Å². The van der Waals surface area contributed by atoms with Gasteiger partial charge >= 0.3 is 0 Å². The lowest BCUT2D eigenvalue weighted by Crippen LogP contribution is -2.05. The van der Waals surface area contributed by atoms with E-state index in [0.29, 0.717) is 11.6 Å². The van der Waals surface area contributed by atoms with E-state index in [-0.39, 0.29) is 17.0 Å². The molecule has 2 aromatic rings. The molecule has 1 unspecified atom stereocenters. The largest absolute Gasteiger partial charge is 0.388 e. The summed E-state index contributed by atoms with van der Waals surface area (Å²) in [4.78, 5) is 0. The summed E-state index contributed by atoms with van der Waals surface area (Å²) in [6.45, 7) is 0. The highest BCUT2D eigenvalue weighted by molar-refractivity contribution is 6.31. The smallest absolute Gasteiger partial charge is 0.131 e. The van der Waals surface area contributed by atoms with Crippen LogP contribution in [0.2, 0.25) is 5.02 Å². The predicted molar refractivity (Wildman–Crippen MR) is 66.4 cm³/mol. The Kier molecular flexibility index (Phi) is 4.12. The van der Waals surface area contributed by atoms with Crippen LogP contribution in [0.15, 0.2) is 36.4 Å².